The zero-order chi connectivity index (χ0) is 16.4. The van der Waals surface area contributed by atoms with Crippen LogP contribution >= 0.6 is 11.3 Å². The number of piperidine rings is 1. The van der Waals surface area contributed by atoms with Gasteiger partial charge in [0.15, 0.2) is 0 Å². The number of likely N-dealkylation sites (tertiary alicyclic amines) is 2. The number of nitrogens with zero attached hydrogens (tertiary/aromatic N) is 3. The molecule has 4 nitrogen and oxygen atoms in total. The minimum atomic E-state index is 0.217. The lowest BCUT2D eigenvalue weighted by molar-refractivity contribution is 0.0531. The molecule has 4 heterocycles. The van der Waals surface area contributed by atoms with E-state index in [-0.39, 0.29) is 11.3 Å². The molecule has 4 rings (SSSR count). The van der Waals surface area contributed by atoms with E-state index in [1.165, 1.54) is 18.4 Å². The first kappa shape index (κ1) is 15.8. The van der Waals surface area contributed by atoms with Crippen molar-refractivity contribution in [1.82, 2.24) is 14.8 Å². The Morgan fingerprint density at radius 2 is 2.17 bits per heavy atom. The van der Waals surface area contributed by atoms with E-state index >= 15 is 0 Å². The van der Waals surface area contributed by atoms with Gasteiger partial charge in [0.25, 0.3) is 5.91 Å². The molecule has 2 aromatic heterocycles. The van der Waals surface area contributed by atoms with Gasteiger partial charge in [-0.3, -0.25) is 14.7 Å². The fourth-order valence-electron chi connectivity index (χ4n) is 4.18. The van der Waals surface area contributed by atoms with Crippen LogP contribution in [0.2, 0.25) is 0 Å². The second-order valence-corrected chi connectivity index (χ2v) is 8.08. The average molecular weight is 341 g/mol. The average Bonchev–Trinajstić information content (AvgIpc) is 3.26. The number of carbonyl (C=O) groups excluding carboxylic acids is 1. The Morgan fingerprint density at radius 3 is 2.96 bits per heavy atom. The Balaban J connectivity index is 1.41. The summed E-state index contributed by atoms with van der Waals surface area (Å²) in [7, 11) is 0. The Morgan fingerprint density at radius 1 is 1.21 bits per heavy atom. The third kappa shape index (κ3) is 3.23. The monoisotopic (exact) mass is 341 g/mol. The lowest BCUT2D eigenvalue weighted by Gasteiger charge is -2.40. The molecule has 24 heavy (non-hydrogen) atoms. The number of thiophene rings is 1. The van der Waals surface area contributed by atoms with E-state index in [0.29, 0.717) is 0 Å². The van der Waals surface area contributed by atoms with Crippen molar-refractivity contribution in [3.63, 3.8) is 0 Å². The lowest BCUT2D eigenvalue weighted by atomic mass is 9.79. The Hall–Kier alpha value is -1.72. The summed E-state index contributed by atoms with van der Waals surface area (Å²) in [5, 5.41) is 1.98. The van der Waals surface area contributed by atoms with Crippen LogP contribution in [0.5, 0.6) is 0 Å². The van der Waals surface area contributed by atoms with E-state index in [4.69, 9.17) is 0 Å². The third-order valence-corrected chi connectivity index (χ3v) is 6.18. The Kier molecular flexibility index (Phi) is 4.37. The van der Waals surface area contributed by atoms with Crippen LogP contribution in [0.4, 0.5) is 0 Å². The van der Waals surface area contributed by atoms with Crippen LogP contribution in [0.3, 0.4) is 0 Å². The predicted molar refractivity (Wildman–Crippen MR) is 96.0 cm³/mol. The molecule has 2 aliphatic heterocycles. The van der Waals surface area contributed by atoms with Crippen LogP contribution in [-0.2, 0) is 6.54 Å². The van der Waals surface area contributed by atoms with Crippen LogP contribution in [0.25, 0.3) is 0 Å². The van der Waals surface area contributed by atoms with Crippen LogP contribution in [0.1, 0.15) is 34.5 Å². The summed E-state index contributed by atoms with van der Waals surface area (Å²) in [5.41, 5.74) is 1.56. The first-order chi connectivity index (χ1) is 11.7. The van der Waals surface area contributed by atoms with E-state index in [2.05, 4.69) is 20.9 Å². The highest BCUT2D eigenvalue weighted by Gasteiger charge is 2.42. The number of carbonyl (C=O) groups is 1. The van der Waals surface area contributed by atoms with Gasteiger partial charge >= 0.3 is 0 Å². The van der Waals surface area contributed by atoms with Crippen LogP contribution < -0.4 is 0 Å². The quantitative estimate of drug-likeness (QED) is 0.860. The summed E-state index contributed by atoms with van der Waals surface area (Å²) in [6.07, 6.45) is 7.34. The van der Waals surface area contributed by atoms with Crippen LogP contribution in [0.15, 0.2) is 42.0 Å². The SMILES string of the molecule is O=C(c1cccs1)N1CCC[C@@]2(CCN(Cc3cccnc3)C2)C1. The standard InChI is InChI=1S/C19H23N3OS/c23-18(17-5-2-11-24-17)22-9-3-6-19(15-22)7-10-21(14-19)13-16-4-1-8-20-12-16/h1-2,4-5,8,11-12H,3,6-7,9-10,13-15H2/t19-/m0/s1. The topological polar surface area (TPSA) is 36.4 Å². The molecule has 2 aromatic rings. The number of pyridine rings is 1. The minimum absolute atomic E-state index is 0.217. The van der Waals surface area contributed by atoms with Gasteiger partial charge in [-0.25, -0.2) is 0 Å². The van der Waals surface area contributed by atoms with Crippen molar-refractivity contribution in [2.45, 2.75) is 25.8 Å². The van der Waals surface area contributed by atoms with Crippen molar-refractivity contribution >= 4 is 17.2 Å². The van der Waals surface area contributed by atoms with Crippen LogP contribution in [0, 0.1) is 5.41 Å². The number of hydrogen-bond donors (Lipinski definition) is 0. The lowest BCUT2D eigenvalue weighted by Crippen LogP contribution is -2.47. The van der Waals surface area contributed by atoms with E-state index in [1.54, 1.807) is 11.3 Å². The van der Waals surface area contributed by atoms with Crippen molar-refractivity contribution < 1.29 is 4.79 Å². The van der Waals surface area contributed by atoms with E-state index in [9.17, 15) is 4.79 Å². The maximum atomic E-state index is 12.7. The molecule has 2 saturated heterocycles. The highest BCUT2D eigenvalue weighted by atomic mass is 32.1. The predicted octanol–water partition coefficient (Wildman–Crippen LogP) is 3.27. The molecule has 1 amide bonds. The van der Waals surface area contributed by atoms with Crippen LogP contribution in [-0.4, -0.2) is 46.9 Å². The van der Waals surface area contributed by atoms with Gasteiger partial charge in [-0.2, -0.15) is 0 Å². The Bertz CT molecular complexity index is 688. The molecule has 126 valence electrons. The second kappa shape index (κ2) is 6.65. The molecule has 0 bridgehead atoms. The number of hydrogen-bond acceptors (Lipinski definition) is 4. The first-order valence-corrected chi connectivity index (χ1v) is 9.56. The highest BCUT2D eigenvalue weighted by molar-refractivity contribution is 7.12. The third-order valence-electron chi connectivity index (χ3n) is 5.33. The molecule has 1 spiro atoms. The van der Waals surface area contributed by atoms with Crippen molar-refractivity contribution in [3.05, 3.63) is 52.5 Å². The van der Waals surface area contributed by atoms with Gasteiger partial charge in [-0.1, -0.05) is 12.1 Å². The summed E-state index contributed by atoms with van der Waals surface area (Å²) in [6, 6.07) is 8.05. The summed E-state index contributed by atoms with van der Waals surface area (Å²) in [5.74, 6) is 0.217. The van der Waals surface area contributed by atoms with E-state index in [0.717, 1.165) is 44.0 Å². The highest BCUT2D eigenvalue weighted by Crippen LogP contribution is 2.39. The molecule has 0 saturated carbocycles. The van der Waals surface area contributed by atoms with E-state index < -0.39 is 0 Å². The molecule has 2 aliphatic rings. The number of aromatic nitrogens is 1. The van der Waals surface area contributed by atoms with Crippen molar-refractivity contribution in [2.24, 2.45) is 5.41 Å². The molecule has 5 heteroatoms. The van der Waals surface area contributed by atoms with Crippen molar-refractivity contribution in [1.29, 1.82) is 0 Å². The van der Waals surface area contributed by atoms with Gasteiger partial charge < -0.3 is 4.90 Å². The summed E-state index contributed by atoms with van der Waals surface area (Å²) in [6.45, 7) is 4.99. The van der Waals surface area contributed by atoms with Gasteiger partial charge in [-0.05, 0) is 48.9 Å². The summed E-state index contributed by atoms with van der Waals surface area (Å²) in [4.78, 5) is 22.4. The minimum Gasteiger partial charge on any atom is -0.337 e. The fourth-order valence-corrected chi connectivity index (χ4v) is 4.87. The van der Waals surface area contributed by atoms with Gasteiger partial charge in [0.05, 0.1) is 4.88 Å². The molecule has 2 fully saturated rings. The zero-order valence-corrected chi connectivity index (χ0v) is 14.7. The number of amides is 1. The fraction of sp³-hybridized carbons (Fsp3) is 0.474. The maximum Gasteiger partial charge on any atom is 0.263 e. The second-order valence-electron chi connectivity index (χ2n) is 7.13. The molecular formula is C19H23N3OS. The van der Waals surface area contributed by atoms with Gasteiger partial charge in [0, 0.05) is 44.0 Å². The van der Waals surface area contributed by atoms with Crippen molar-refractivity contribution in [3.8, 4) is 0 Å². The van der Waals surface area contributed by atoms with Gasteiger partial charge in [0.2, 0.25) is 0 Å². The Labute approximate surface area is 147 Å². The maximum absolute atomic E-state index is 12.7. The first-order valence-electron chi connectivity index (χ1n) is 8.68. The smallest absolute Gasteiger partial charge is 0.263 e. The summed E-state index contributed by atoms with van der Waals surface area (Å²) < 4.78 is 0. The summed E-state index contributed by atoms with van der Waals surface area (Å²) >= 11 is 1.55. The zero-order valence-electron chi connectivity index (χ0n) is 13.9. The molecule has 0 N–H and O–H groups in total. The molecular weight excluding hydrogens is 318 g/mol. The molecule has 1 atom stereocenters. The van der Waals surface area contributed by atoms with Gasteiger partial charge in [-0.15, -0.1) is 11.3 Å². The van der Waals surface area contributed by atoms with Crippen molar-refractivity contribution in [2.75, 3.05) is 26.2 Å². The number of rotatable bonds is 3. The molecule has 0 aromatic carbocycles. The molecule has 0 aliphatic carbocycles. The normalized spacial score (nSPS) is 24.6. The van der Waals surface area contributed by atoms with Gasteiger partial charge in [0.1, 0.15) is 0 Å². The molecule has 0 radical (unpaired) electrons. The van der Waals surface area contributed by atoms with E-state index in [1.807, 2.05) is 36.0 Å². The largest absolute Gasteiger partial charge is 0.337 e. The molecule has 0 unspecified atom stereocenters.